The quantitative estimate of drug-likeness (QED) is 0.906. The van der Waals surface area contributed by atoms with Gasteiger partial charge in [-0.1, -0.05) is 0 Å². The van der Waals surface area contributed by atoms with Crippen molar-refractivity contribution in [1.29, 1.82) is 0 Å². The molecule has 1 saturated carbocycles. The Balaban J connectivity index is 1.70. The molecule has 1 aliphatic rings. The van der Waals surface area contributed by atoms with Gasteiger partial charge in [-0.25, -0.2) is 18.7 Å². The summed E-state index contributed by atoms with van der Waals surface area (Å²) in [4.78, 5) is 21.7. The van der Waals surface area contributed by atoms with Gasteiger partial charge in [0.2, 0.25) is 11.8 Å². The summed E-state index contributed by atoms with van der Waals surface area (Å²) >= 11 is 2.84. The Hall–Kier alpha value is -1.41. The van der Waals surface area contributed by atoms with Gasteiger partial charge in [0, 0.05) is 24.1 Å². The molecule has 118 valence electrons. The molecule has 0 aromatic carbocycles. The van der Waals surface area contributed by atoms with Crippen molar-refractivity contribution in [3.05, 3.63) is 16.1 Å². The number of aromatic nitrogens is 2. The van der Waals surface area contributed by atoms with Crippen LogP contribution in [0.15, 0.2) is 5.38 Å². The molecule has 2 aromatic heterocycles. The normalized spacial score (nSPS) is 20.3. The van der Waals surface area contributed by atoms with Crippen LogP contribution >= 0.6 is 22.7 Å². The molecule has 1 amide bonds. The van der Waals surface area contributed by atoms with Crippen molar-refractivity contribution in [2.24, 2.45) is 5.92 Å². The van der Waals surface area contributed by atoms with Gasteiger partial charge in [0.15, 0.2) is 5.13 Å². The molecular weight excluding hydrogens is 328 g/mol. The molecule has 0 unspecified atom stereocenters. The Morgan fingerprint density at radius 3 is 2.77 bits per heavy atom. The number of alkyl halides is 2. The highest BCUT2D eigenvalue weighted by Crippen LogP contribution is 2.39. The smallest absolute Gasteiger partial charge is 0.248 e. The summed E-state index contributed by atoms with van der Waals surface area (Å²) in [5.41, 5.74) is 1.67. The number of nitrogens with zero attached hydrogens (tertiary/aromatic N) is 2. The molecule has 8 heteroatoms. The van der Waals surface area contributed by atoms with E-state index in [1.54, 1.807) is 11.3 Å². The van der Waals surface area contributed by atoms with Crippen molar-refractivity contribution >= 4 is 33.7 Å². The van der Waals surface area contributed by atoms with Crippen LogP contribution < -0.4 is 5.32 Å². The van der Waals surface area contributed by atoms with Gasteiger partial charge in [-0.3, -0.25) is 4.79 Å². The van der Waals surface area contributed by atoms with Gasteiger partial charge in [0.05, 0.1) is 21.3 Å². The highest BCUT2D eigenvalue weighted by Gasteiger charge is 2.42. The second kappa shape index (κ2) is 5.66. The summed E-state index contributed by atoms with van der Waals surface area (Å²) < 4.78 is 26.3. The fraction of sp³-hybridized carbons (Fsp3) is 0.500. The molecule has 3 rings (SSSR count). The number of rotatable bonds is 3. The van der Waals surface area contributed by atoms with E-state index < -0.39 is 11.8 Å². The first-order valence-corrected chi connectivity index (χ1v) is 8.62. The molecule has 2 heterocycles. The largest absolute Gasteiger partial charge is 0.302 e. The Morgan fingerprint density at radius 2 is 2.18 bits per heavy atom. The van der Waals surface area contributed by atoms with Crippen LogP contribution in [0.25, 0.3) is 10.6 Å². The third-order valence-electron chi connectivity index (χ3n) is 3.64. The maximum Gasteiger partial charge on any atom is 0.248 e. The summed E-state index contributed by atoms with van der Waals surface area (Å²) in [5.74, 6) is -3.71. The Kier molecular flexibility index (Phi) is 3.98. The first-order chi connectivity index (χ1) is 10.3. The molecule has 0 spiro atoms. The number of anilines is 1. The topological polar surface area (TPSA) is 54.9 Å². The van der Waals surface area contributed by atoms with Crippen molar-refractivity contribution < 1.29 is 13.6 Å². The summed E-state index contributed by atoms with van der Waals surface area (Å²) in [7, 11) is 0. The summed E-state index contributed by atoms with van der Waals surface area (Å²) in [6.07, 6.45) is -0.359. The number of nitrogens with one attached hydrogen (secondary N) is 1. The molecule has 1 N–H and O–H groups in total. The monoisotopic (exact) mass is 343 g/mol. The van der Waals surface area contributed by atoms with Gasteiger partial charge in [0.25, 0.3) is 0 Å². The van der Waals surface area contributed by atoms with Crippen LogP contribution in [0.5, 0.6) is 0 Å². The number of halogens is 2. The van der Waals surface area contributed by atoms with Crippen molar-refractivity contribution in [1.82, 2.24) is 9.97 Å². The highest BCUT2D eigenvalue weighted by molar-refractivity contribution is 7.16. The van der Waals surface area contributed by atoms with Gasteiger partial charge in [-0.05, 0) is 20.3 Å². The third-order valence-corrected chi connectivity index (χ3v) is 5.50. The number of carbonyl (C=O) groups is 1. The Bertz CT molecular complexity index is 711. The minimum absolute atomic E-state index is 0.215. The fourth-order valence-electron chi connectivity index (χ4n) is 2.59. The zero-order chi connectivity index (χ0) is 15.9. The maximum atomic E-state index is 13.2. The number of amides is 1. The SMILES string of the molecule is Cc1nc(C)c(-c2csc(NC(=O)[C@H]3CCC(F)(F)C3)n2)s1. The first-order valence-electron chi connectivity index (χ1n) is 6.93. The zero-order valence-corrected chi connectivity index (χ0v) is 13.8. The van der Waals surface area contributed by atoms with Crippen LogP contribution in [-0.2, 0) is 4.79 Å². The van der Waals surface area contributed by atoms with Crippen molar-refractivity contribution in [2.75, 3.05) is 5.32 Å². The van der Waals surface area contributed by atoms with Crippen LogP contribution in [0.4, 0.5) is 13.9 Å². The van der Waals surface area contributed by atoms with Gasteiger partial charge < -0.3 is 5.32 Å². The van der Waals surface area contributed by atoms with E-state index in [0.717, 1.165) is 21.3 Å². The van der Waals surface area contributed by atoms with E-state index in [9.17, 15) is 13.6 Å². The minimum atomic E-state index is -2.71. The molecule has 2 aromatic rings. The first kappa shape index (κ1) is 15.5. The predicted molar refractivity (Wildman–Crippen MR) is 83.6 cm³/mol. The Morgan fingerprint density at radius 1 is 1.41 bits per heavy atom. The summed E-state index contributed by atoms with van der Waals surface area (Å²) in [6, 6.07) is 0. The molecule has 1 fully saturated rings. The van der Waals surface area contributed by atoms with Gasteiger partial charge >= 0.3 is 0 Å². The van der Waals surface area contributed by atoms with E-state index in [1.807, 2.05) is 19.2 Å². The lowest BCUT2D eigenvalue weighted by Crippen LogP contribution is -2.22. The average molecular weight is 343 g/mol. The molecule has 0 bridgehead atoms. The van der Waals surface area contributed by atoms with E-state index in [2.05, 4.69) is 15.3 Å². The van der Waals surface area contributed by atoms with Crippen LogP contribution in [-0.4, -0.2) is 21.8 Å². The molecule has 0 saturated heterocycles. The number of thiazole rings is 2. The van der Waals surface area contributed by atoms with Crippen molar-refractivity contribution in [3.8, 4) is 10.6 Å². The molecule has 1 aliphatic carbocycles. The van der Waals surface area contributed by atoms with Crippen molar-refractivity contribution in [2.45, 2.75) is 39.0 Å². The fourth-order valence-corrected chi connectivity index (χ4v) is 4.25. The van der Waals surface area contributed by atoms with E-state index in [1.165, 1.54) is 11.3 Å². The second-order valence-electron chi connectivity index (χ2n) is 5.47. The molecule has 1 atom stereocenters. The molecule has 22 heavy (non-hydrogen) atoms. The molecule has 0 radical (unpaired) electrons. The van der Waals surface area contributed by atoms with Crippen molar-refractivity contribution in [3.63, 3.8) is 0 Å². The lowest BCUT2D eigenvalue weighted by Gasteiger charge is -2.09. The molecule has 0 aliphatic heterocycles. The Labute approximate surface area is 134 Å². The zero-order valence-electron chi connectivity index (χ0n) is 12.2. The average Bonchev–Trinajstić information content (AvgIpc) is 3.09. The standard InChI is InChI=1S/C14H15F2N3OS2/c1-7-11(22-8(2)17-7)10-6-21-13(18-10)19-12(20)9-3-4-14(15,16)5-9/h6,9H,3-5H2,1-2H3,(H,18,19,20)/t9-/m0/s1. The van der Waals surface area contributed by atoms with E-state index >= 15 is 0 Å². The number of hydrogen-bond acceptors (Lipinski definition) is 5. The van der Waals surface area contributed by atoms with Gasteiger partial charge in [0.1, 0.15) is 0 Å². The van der Waals surface area contributed by atoms with E-state index in [4.69, 9.17) is 0 Å². The van der Waals surface area contributed by atoms with Crippen LogP contribution in [0.1, 0.15) is 30.0 Å². The number of aryl methyl sites for hydroxylation is 2. The van der Waals surface area contributed by atoms with E-state index in [0.29, 0.717) is 5.13 Å². The number of carbonyl (C=O) groups excluding carboxylic acids is 1. The lowest BCUT2D eigenvalue weighted by atomic mass is 10.1. The van der Waals surface area contributed by atoms with Gasteiger partial charge in [-0.15, -0.1) is 22.7 Å². The summed E-state index contributed by atoms with van der Waals surface area (Å²) in [5, 5.41) is 5.91. The summed E-state index contributed by atoms with van der Waals surface area (Å²) in [6.45, 7) is 3.84. The third kappa shape index (κ3) is 3.17. The highest BCUT2D eigenvalue weighted by atomic mass is 32.1. The number of hydrogen-bond donors (Lipinski definition) is 1. The minimum Gasteiger partial charge on any atom is -0.302 e. The van der Waals surface area contributed by atoms with Crippen LogP contribution in [0, 0.1) is 19.8 Å². The predicted octanol–water partition coefficient (Wildman–Crippen LogP) is 4.26. The lowest BCUT2D eigenvalue weighted by molar-refractivity contribution is -0.120. The van der Waals surface area contributed by atoms with Crippen LogP contribution in [0.3, 0.4) is 0 Å². The molecular formula is C14H15F2N3OS2. The van der Waals surface area contributed by atoms with Gasteiger partial charge in [-0.2, -0.15) is 0 Å². The molecule has 4 nitrogen and oxygen atoms in total. The second-order valence-corrected chi connectivity index (χ2v) is 7.53. The van der Waals surface area contributed by atoms with Crippen LogP contribution in [0.2, 0.25) is 0 Å². The van der Waals surface area contributed by atoms with E-state index in [-0.39, 0.29) is 25.2 Å². The maximum absolute atomic E-state index is 13.2.